The lowest BCUT2D eigenvalue weighted by Gasteiger charge is -2.09. The molecular weight excluding hydrogens is 238 g/mol. The van der Waals surface area contributed by atoms with Gasteiger partial charge in [-0.05, 0) is 11.6 Å². The quantitative estimate of drug-likeness (QED) is 0.288. The van der Waals surface area contributed by atoms with E-state index in [1.807, 2.05) is 0 Å². The van der Waals surface area contributed by atoms with Crippen LogP contribution in [-0.4, -0.2) is 16.6 Å². The molecule has 0 radical (unpaired) electrons. The molecule has 0 spiro atoms. The Kier molecular flexibility index (Phi) is 3.91. The van der Waals surface area contributed by atoms with E-state index in [-0.39, 0.29) is 0 Å². The highest BCUT2D eigenvalue weighted by Gasteiger charge is 2.22. The van der Waals surface area contributed by atoms with Crippen LogP contribution in [0.4, 0.5) is 14.5 Å². The highest BCUT2D eigenvalue weighted by atomic mass is 19.1. The lowest BCUT2D eigenvalue weighted by molar-refractivity contribution is -0.387. The van der Waals surface area contributed by atoms with Crippen LogP contribution in [0.5, 0.6) is 0 Å². The molecule has 0 heterocycles. The number of halogens is 2. The molecular formula is C8H6F2N4O3. The summed E-state index contributed by atoms with van der Waals surface area (Å²) < 4.78 is 26.6. The fraction of sp³-hybridized carbons (Fsp3) is 0.250. The van der Waals surface area contributed by atoms with Gasteiger partial charge >= 0.3 is 5.69 Å². The molecule has 0 aliphatic rings. The number of nitrogens with zero attached hydrogens (tertiary/aromatic N) is 4. The van der Waals surface area contributed by atoms with Gasteiger partial charge in [-0.25, -0.2) is 4.39 Å². The highest BCUT2D eigenvalue weighted by molar-refractivity contribution is 5.37. The van der Waals surface area contributed by atoms with Crippen LogP contribution in [0.3, 0.4) is 0 Å². The fourth-order valence-corrected chi connectivity index (χ4v) is 1.21. The van der Waals surface area contributed by atoms with Crippen molar-refractivity contribution < 1.29 is 18.8 Å². The first kappa shape index (κ1) is 12.8. The normalized spacial score (nSPS) is 11.7. The molecule has 1 atom stereocenters. The third-order valence-corrected chi connectivity index (χ3v) is 1.99. The Morgan fingerprint density at radius 1 is 1.53 bits per heavy atom. The molecule has 0 saturated carbocycles. The molecule has 0 saturated heterocycles. The van der Waals surface area contributed by atoms with Crippen LogP contribution in [-0.2, 0) is 0 Å². The SMILES string of the molecule is [N-]=[N+]=NC(CO)c1cc(F)c([N+](=O)[O-])cc1F. The summed E-state index contributed by atoms with van der Waals surface area (Å²) in [6.07, 6.45) is 0. The number of hydrogen-bond donors (Lipinski definition) is 1. The molecule has 90 valence electrons. The zero-order valence-electron chi connectivity index (χ0n) is 8.25. The minimum absolute atomic E-state index is 0.375. The zero-order valence-corrected chi connectivity index (χ0v) is 8.25. The van der Waals surface area contributed by atoms with Crippen molar-refractivity contribution in [2.24, 2.45) is 5.11 Å². The highest BCUT2D eigenvalue weighted by Crippen LogP contribution is 2.27. The summed E-state index contributed by atoms with van der Waals surface area (Å²) in [7, 11) is 0. The van der Waals surface area contributed by atoms with Gasteiger partial charge in [0.05, 0.1) is 23.6 Å². The number of nitro benzene ring substituents is 1. The predicted molar refractivity (Wildman–Crippen MR) is 52.0 cm³/mol. The van der Waals surface area contributed by atoms with Gasteiger partial charge in [0.2, 0.25) is 5.82 Å². The second-order valence-corrected chi connectivity index (χ2v) is 2.99. The Morgan fingerprint density at radius 3 is 2.65 bits per heavy atom. The standard InChI is InChI=1S/C8H6F2N4O3/c9-5-2-8(14(16)17)6(10)1-4(5)7(3-15)12-13-11/h1-2,7,15H,3H2. The van der Waals surface area contributed by atoms with Crippen molar-refractivity contribution in [3.05, 3.63) is 49.9 Å². The number of nitro groups is 1. The monoisotopic (exact) mass is 244 g/mol. The number of benzene rings is 1. The first-order chi connectivity index (χ1) is 8.01. The Bertz CT molecular complexity index is 502. The molecule has 0 bridgehead atoms. The van der Waals surface area contributed by atoms with Crippen LogP contribution >= 0.6 is 0 Å². The summed E-state index contributed by atoms with van der Waals surface area (Å²) in [5.74, 6) is -2.39. The van der Waals surface area contributed by atoms with Crippen molar-refractivity contribution >= 4 is 5.69 Å². The van der Waals surface area contributed by atoms with Gasteiger partial charge in [0.1, 0.15) is 5.82 Å². The second kappa shape index (κ2) is 5.19. The van der Waals surface area contributed by atoms with Gasteiger partial charge in [0.25, 0.3) is 0 Å². The molecule has 1 N–H and O–H groups in total. The van der Waals surface area contributed by atoms with Crippen LogP contribution in [0.25, 0.3) is 10.4 Å². The molecule has 9 heteroatoms. The lowest BCUT2D eigenvalue weighted by Crippen LogP contribution is -2.05. The molecule has 0 amide bonds. The predicted octanol–water partition coefficient (Wildman–Crippen LogP) is 2.22. The fourth-order valence-electron chi connectivity index (χ4n) is 1.21. The first-order valence-corrected chi connectivity index (χ1v) is 4.29. The number of aliphatic hydroxyl groups excluding tert-OH is 1. The van der Waals surface area contributed by atoms with E-state index in [2.05, 4.69) is 10.0 Å². The van der Waals surface area contributed by atoms with Crippen molar-refractivity contribution in [3.63, 3.8) is 0 Å². The molecule has 1 aromatic carbocycles. The largest absolute Gasteiger partial charge is 0.396 e. The van der Waals surface area contributed by atoms with Crippen LogP contribution in [0.1, 0.15) is 11.6 Å². The number of aliphatic hydroxyl groups is 1. The molecule has 17 heavy (non-hydrogen) atoms. The molecule has 0 aliphatic heterocycles. The summed E-state index contributed by atoms with van der Waals surface area (Å²) in [5, 5.41) is 22.2. The van der Waals surface area contributed by atoms with Crippen LogP contribution in [0, 0.1) is 21.7 Å². The summed E-state index contributed by atoms with van der Waals surface area (Å²) in [4.78, 5) is 11.6. The van der Waals surface area contributed by atoms with Crippen LogP contribution < -0.4 is 0 Å². The summed E-state index contributed by atoms with van der Waals surface area (Å²) in [5.41, 5.74) is 6.69. The molecule has 0 aromatic heterocycles. The maximum atomic E-state index is 13.4. The maximum absolute atomic E-state index is 13.4. The molecule has 1 unspecified atom stereocenters. The van der Waals surface area contributed by atoms with E-state index >= 15 is 0 Å². The van der Waals surface area contributed by atoms with E-state index in [1.54, 1.807) is 0 Å². The van der Waals surface area contributed by atoms with Crippen molar-refractivity contribution in [2.75, 3.05) is 6.61 Å². The minimum atomic E-state index is -1.32. The lowest BCUT2D eigenvalue weighted by atomic mass is 10.1. The smallest absolute Gasteiger partial charge is 0.307 e. The summed E-state index contributed by atoms with van der Waals surface area (Å²) in [6.45, 7) is -0.738. The Morgan fingerprint density at radius 2 is 2.18 bits per heavy atom. The van der Waals surface area contributed by atoms with E-state index in [0.717, 1.165) is 0 Å². The van der Waals surface area contributed by atoms with E-state index in [9.17, 15) is 18.9 Å². The molecule has 1 rings (SSSR count). The minimum Gasteiger partial charge on any atom is -0.396 e. The Hall–Kier alpha value is -2.25. The van der Waals surface area contributed by atoms with Gasteiger partial charge in [0, 0.05) is 10.5 Å². The number of rotatable bonds is 4. The van der Waals surface area contributed by atoms with Crippen molar-refractivity contribution in [1.82, 2.24) is 0 Å². The number of azide groups is 1. The van der Waals surface area contributed by atoms with Crippen molar-refractivity contribution in [1.29, 1.82) is 0 Å². The van der Waals surface area contributed by atoms with Crippen LogP contribution in [0.2, 0.25) is 0 Å². The summed E-state index contributed by atoms with van der Waals surface area (Å²) in [6, 6.07) is -0.418. The topological polar surface area (TPSA) is 112 Å². The molecule has 7 nitrogen and oxygen atoms in total. The van der Waals surface area contributed by atoms with Gasteiger partial charge < -0.3 is 5.11 Å². The van der Waals surface area contributed by atoms with E-state index in [1.165, 1.54) is 0 Å². The second-order valence-electron chi connectivity index (χ2n) is 2.99. The average molecular weight is 244 g/mol. The Balaban J connectivity index is 3.32. The number of hydrogen-bond acceptors (Lipinski definition) is 4. The third-order valence-electron chi connectivity index (χ3n) is 1.99. The van der Waals surface area contributed by atoms with Gasteiger partial charge in [-0.15, -0.1) is 0 Å². The summed E-state index contributed by atoms with van der Waals surface area (Å²) >= 11 is 0. The van der Waals surface area contributed by atoms with E-state index in [0.29, 0.717) is 12.1 Å². The van der Waals surface area contributed by atoms with E-state index < -0.39 is 40.5 Å². The van der Waals surface area contributed by atoms with Gasteiger partial charge in [0.15, 0.2) is 0 Å². The average Bonchev–Trinajstić information content (AvgIpc) is 2.28. The maximum Gasteiger partial charge on any atom is 0.307 e. The van der Waals surface area contributed by atoms with Gasteiger partial charge in [-0.1, -0.05) is 5.11 Å². The Labute approximate surface area is 93.1 Å². The van der Waals surface area contributed by atoms with Crippen molar-refractivity contribution in [3.8, 4) is 0 Å². The molecule has 1 aromatic rings. The van der Waals surface area contributed by atoms with Crippen molar-refractivity contribution in [2.45, 2.75) is 6.04 Å². The van der Waals surface area contributed by atoms with Gasteiger partial charge in [-0.3, -0.25) is 10.1 Å². The zero-order chi connectivity index (χ0) is 13.0. The van der Waals surface area contributed by atoms with Crippen LogP contribution in [0.15, 0.2) is 17.2 Å². The first-order valence-electron chi connectivity index (χ1n) is 4.29. The van der Waals surface area contributed by atoms with Gasteiger partial charge in [-0.2, -0.15) is 4.39 Å². The molecule has 0 fully saturated rings. The van der Waals surface area contributed by atoms with E-state index in [4.69, 9.17) is 10.6 Å². The molecule has 0 aliphatic carbocycles. The third kappa shape index (κ3) is 2.65.